The molecule has 0 saturated heterocycles. The third-order valence-corrected chi connectivity index (χ3v) is 6.18. The van der Waals surface area contributed by atoms with Crippen LogP contribution in [0.1, 0.15) is 29.8 Å². The summed E-state index contributed by atoms with van der Waals surface area (Å²) in [5.74, 6) is -0.658. The minimum Gasteiger partial charge on any atom is -0.346 e. The van der Waals surface area contributed by atoms with Gasteiger partial charge in [0.05, 0.1) is 23.0 Å². The Kier molecular flexibility index (Phi) is 5.02. The van der Waals surface area contributed by atoms with Crippen LogP contribution in [-0.4, -0.2) is 36.2 Å². The molecule has 0 spiro atoms. The van der Waals surface area contributed by atoms with Gasteiger partial charge in [-0.05, 0) is 37.6 Å². The summed E-state index contributed by atoms with van der Waals surface area (Å²) in [6, 6.07) is 8.42. The minimum absolute atomic E-state index is 0.0239. The second-order valence-electron chi connectivity index (χ2n) is 6.27. The number of nitriles is 1. The molecule has 0 saturated carbocycles. The molecule has 2 aromatic rings. The predicted octanol–water partition coefficient (Wildman–Crippen LogP) is 1.68. The first-order valence-corrected chi connectivity index (χ1v) is 9.77. The molecule has 0 radical (unpaired) electrons. The Labute approximate surface area is 162 Å². The molecule has 1 atom stereocenters. The lowest BCUT2D eigenvalue weighted by Gasteiger charge is -2.29. The maximum atomic E-state index is 12.8. The van der Waals surface area contributed by atoms with Crippen molar-refractivity contribution >= 4 is 27.6 Å². The Hall–Kier alpha value is -3.45. The van der Waals surface area contributed by atoms with Gasteiger partial charge in [-0.15, -0.1) is 0 Å². The van der Waals surface area contributed by atoms with Crippen molar-refractivity contribution in [2.75, 3.05) is 11.9 Å². The van der Waals surface area contributed by atoms with Gasteiger partial charge in [-0.1, -0.05) is 12.1 Å². The second-order valence-corrected chi connectivity index (χ2v) is 8.07. The fraction of sp³-hybridized carbons (Fsp3) is 0.222. The van der Waals surface area contributed by atoms with Crippen molar-refractivity contribution in [1.82, 2.24) is 14.6 Å². The third kappa shape index (κ3) is 3.52. The summed E-state index contributed by atoms with van der Waals surface area (Å²) in [5.41, 5.74) is 1.54. The fourth-order valence-electron chi connectivity index (χ4n) is 2.87. The molecule has 0 bridgehead atoms. The molecule has 3 amide bonds. The van der Waals surface area contributed by atoms with E-state index in [0.717, 1.165) is 0 Å². The first kappa shape index (κ1) is 19.3. The molecule has 28 heavy (non-hydrogen) atoms. The Balaban J connectivity index is 1.77. The number of urea groups is 1. The Morgan fingerprint density at radius 1 is 1.36 bits per heavy atom. The zero-order valence-electron chi connectivity index (χ0n) is 15.1. The predicted molar refractivity (Wildman–Crippen MR) is 99.6 cm³/mol. The molecule has 2 N–H and O–H groups in total. The summed E-state index contributed by atoms with van der Waals surface area (Å²) in [5, 5.41) is 13.9. The van der Waals surface area contributed by atoms with E-state index in [-0.39, 0.29) is 10.6 Å². The van der Waals surface area contributed by atoms with Gasteiger partial charge in [-0.2, -0.15) is 5.26 Å². The lowest BCUT2D eigenvalue weighted by molar-refractivity contribution is -0.121. The Bertz CT molecular complexity index is 1090. The number of sulfonamides is 1. The number of nitrogens with one attached hydrogen (secondary N) is 2. The number of carbonyl (C=O) groups excluding carboxylic acids is 2. The van der Waals surface area contributed by atoms with Gasteiger partial charge in [0.1, 0.15) is 17.5 Å². The van der Waals surface area contributed by atoms with E-state index < -0.39 is 34.5 Å². The number of benzene rings is 1. The number of carbonyl (C=O) groups is 2. The molecule has 3 rings (SSSR count). The van der Waals surface area contributed by atoms with Gasteiger partial charge >= 0.3 is 6.03 Å². The first-order chi connectivity index (χ1) is 13.2. The quantitative estimate of drug-likeness (QED) is 0.804. The zero-order valence-corrected chi connectivity index (χ0v) is 15.9. The molecule has 0 unspecified atom stereocenters. The highest BCUT2D eigenvalue weighted by Crippen LogP contribution is 2.32. The first-order valence-electron chi connectivity index (χ1n) is 8.33. The number of aryl methyl sites for hydroxylation is 1. The summed E-state index contributed by atoms with van der Waals surface area (Å²) in [4.78, 5) is 28.7. The lowest BCUT2D eigenvalue weighted by atomic mass is 10.2. The van der Waals surface area contributed by atoms with Gasteiger partial charge in [-0.3, -0.25) is 9.78 Å². The zero-order chi connectivity index (χ0) is 20.5. The fourth-order valence-corrected chi connectivity index (χ4v) is 4.51. The normalized spacial score (nSPS) is 15.8. The topological polar surface area (TPSA) is 132 Å². The van der Waals surface area contributed by atoms with Crippen LogP contribution in [0.15, 0.2) is 41.4 Å². The van der Waals surface area contributed by atoms with Crippen molar-refractivity contribution in [2.24, 2.45) is 0 Å². The van der Waals surface area contributed by atoms with E-state index in [2.05, 4.69) is 15.6 Å². The number of amides is 3. The van der Waals surface area contributed by atoms with Gasteiger partial charge in [0.15, 0.2) is 0 Å². The highest BCUT2D eigenvalue weighted by molar-refractivity contribution is 7.90. The smallest absolute Gasteiger partial charge is 0.336 e. The van der Waals surface area contributed by atoms with E-state index in [4.69, 9.17) is 5.26 Å². The number of rotatable bonds is 4. The molecule has 10 heteroatoms. The number of anilines is 1. The highest BCUT2D eigenvalue weighted by Gasteiger charge is 2.39. The van der Waals surface area contributed by atoms with Crippen LogP contribution in [-0.2, 0) is 14.8 Å². The summed E-state index contributed by atoms with van der Waals surface area (Å²) < 4.78 is 26.2. The van der Waals surface area contributed by atoms with Crippen LogP contribution in [0.4, 0.5) is 10.5 Å². The van der Waals surface area contributed by atoms with Gasteiger partial charge in [0.2, 0.25) is 5.91 Å². The van der Waals surface area contributed by atoms with E-state index >= 15 is 0 Å². The van der Waals surface area contributed by atoms with Crippen molar-refractivity contribution in [3.63, 3.8) is 0 Å². The third-order valence-electron chi connectivity index (χ3n) is 4.25. The maximum absolute atomic E-state index is 12.8. The maximum Gasteiger partial charge on any atom is 0.336 e. The van der Waals surface area contributed by atoms with Crippen molar-refractivity contribution in [3.8, 4) is 6.07 Å². The van der Waals surface area contributed by atoms with Crippen molar-refractivity contribution in [2.45, 2.75) is 24.8 Å². The number of hydrogen-bond acceptors (Lipinski definition) is 6. The molecule has 0 aliphatic carbocycles. The average Bonchev–Trinajstić information content (AvgIpc) is 2.64. The largest absolute Gasteiger partial charge is 0.346 e. The van der Waals surface area contributed by atoms with E-state index in [0.29, 0.717) is 21.1 Å². The summed E-state index contributed by atoms with van der Waals surface area (Å²) >= 11 is 0. The molecule has 2 heterocycles. The van der Waals surface area contributed by atoms with Gasteiger partial charge in [-0.25, -0.2) is 17.5 Å². The van der Waals surface area contributed by atoms with Gasteiger partial charge < -0.3 is 10.6 Å². The van der Waals surface area contributed by atoms with Gasteiger partial charge in [0, 0.05) is 6.20 Å². The second kappa shape index (κ2) is 7.28. The number of pyridine rings is 1. The molecule has 144 valence electrons. The van der Waals surface area contributed by atoms with Crippen LogP contribution < -0.4 is 10.6 Å². The molecule has 1 aromatic heterocycles. The monoisotopic (exact) mass is 399 g/mol. The SMILES string of the molecule is Cc1cccc2c1S(=O)(=O)N(CC(=O)N[C@@H](C)c1ccc(C#N)cn1)C(=O)N2. The Morgan fingerprint density at radius 3 is 2.75 bits per heavy atom. The van der Waals surface area contributed by atoms with Crippen LogP contribution in [0.2, 0.25) is 0 Å². The standard InChI is InChI=1S/C18H17N5O4S/c1-11-4-3-5-15-17(11)28(26,27)23(18(25)22-15)10-16(24)21-12(2)14-7-6-13(8-19)9-20-14/h3-7,9,12H,10H2,1-2H3,(H,21,24)(H,22,25)/t12-/m0/s1. The lowest BCUT2D eigenvalue weighted by Crippen LogP contribution is -2.49. The van der Waals surface area contributed by atoms with Crippen molar-refractivity contribution in [3.05, 3.63) is 53.3 Å². The number of fused-ring (bicyclic) bond motifs is 1. The van der Waals surface area contributed by atoms with E-state index in [1.807, 2.05) is 6.07 Å². The minimum atomic E-state index is -4.16. The summed E-state index contributed by atoms with van der Waals surface area (Å²) in [6.07, 6.45) is 1.38. The molecular weight excluding hydrogens is 382 g/mol. The van der Waals surface area contributed by atoms with E-state index in [9.17, 15) is 18.0 Å². The highest BCUT2D eigenvalue weighted by atomic mass is 32.2. The van der Waals surface area contributed by atoms with Crippen LogP contribution in [0, 0.1) is 18.3 Å². The molecule has 1 aliphatic rings. The molecule has 9 nitrogen and oxygen atoms in total. The van der Waals surface area contributed by atoms with E-state index in [1.54, 1.807) is 38.1 Å². The number of aromatic nitrogens is 1. The summed E-state index contributed by atoms with van der Waals surface area (Å²) in [6.45, 7) is 2.61. The van der Waals surface area contributed by atoms with Crippen LogP contribution in [0.5, 0.6) is 0 Å². The molecule has 1 aliphatic heterocycles. The van der Waals surface area contributed by atoms with Crippen molar-refractivity contribution < 1.29 is 18.0 Å². The molecule has 1 aromatic carbocycles. The number of hydrogen-bond donors (Lipinski definition) is 2. The number of nitrogens with zero attached hydrogens (tertiary/aromatic N) is 3. The Morgan fingerprint density at radius 2 is 2.11 bits per heavy atom. The van der Waals surface area contributed by atoms with Crippen molar-refractivity contribution in [1.29, 1.82) is 5.26 Å². The van der Waals surface area contributed by atoms with Crippen LogP contribution in [0.25, 0.3) is 0 Å². The van der Waals surface area contributed by atoms with Gasteiger partial charge in [0.25, 0.3) is 10.0 Å². The molecular formula is C18H17N5O4S. The van der Waals surface area contributed by atoms with E-state index in [1.165, 1.54) is 12.3 Å². The van der Waals surface area contributed by atoms with Crippen LogP contribution >= 0.6 is 0 Å². The average molecular weight is 399 g/mol. The summed E-state index contributed by atoms with van der Waals surface area (Å²) in [7, 11) is -4.16. The molecule has 0 fully saturated rings. The van der Waals surface area contributed by atoms with Crippen LogP contribution in [0.3, 0.4) is 0 Å².